The zero-order chi connectivity index (χ0) is 19.3. The average Bonchev–Trinajstić information content (AvgIpc) is 2.74. The minimum atomic E-state index is 0.168. The normalized spacial score (nSPS) is 14.3. The summed E-state index contributed by atoms with van der Waals surface area (Å²) < 4.78 is 0. The number of rotatable bonds is 5. The number of halogens is 1. The molecule has 0 saturated carbocycles. The van der Waals surface area contributed by atoms with Gasteiger partial charge in [0.05, 0.1) is 5.52 Å². The fourth-order valence-electron chi connectivity index (χ4n) is 3.47. The van der Waals surface area contributed by atoms with Gasteiger partial charge in [0.2, 0.25) is 5.91 Å². The van der Waals surface area contributed by atoms with Gasteiger partial charge in [-0.15, -0.1) is 0 Å². The lowest BCUT2D eigenvalue weighted by Gasteiger charge is -2.36. The molecule has 0 unspecified atom stereocenters. The van der Waals surface area contributed by atoms with Crippen LogP contribution in [0.2, 0.25) is 5.02 Å². The maximum atomic E-state index is 12.6. The molecule has 1 N–H and O–H groups in total. The van der Waals surface area contributed by atoms with Crippen molar-refractivity contribution in [2.24, 2.45) is 0 Å². The molecule has 2 heterocycles. The molecule has 1 fully saturated rings. The van der Waals surface area contributed by atoms with Crippen molar-refractivity contribution in [3.63, 3.8) is 0 Å². The van der Waals surface area contributed by atoms with E-state index in [1.165, 1.54) is 12.0 Å². The number of anilines is 2. The number of para-hydroxylation sites is 1. The fraction of sp³-hybridized carbons (Fsp3) is 0.286. The van der Waals surface area contributed by atoms with Crippen LogP contribution in [0.5, 0.6) is 0 Å². The van der Waals surface area contributed by atoms with Gasteiger partial charge < -0.3 is 15.1 Å². The lowest BCUT2D eigenvalue weighted by Crippen LogP contribution is -2.49. The van der Waals surface area contributed by atoms with Crippen molar-refractivity contribution in [3.05, 3.63) is 59.9 Å². The molecule has 6 nitrogen and oxygen atoms in total. The van der Waals surface area contributed by atoms with Crippen LogP contribution in [0.25, 0.3) is 10.9 Å². The second-order valence-corrected chi connectivity index (χ2v) is 7.20. The molecule has 0 aliphatic carbocycles. The van der Waals surface area contributed by atoms with Crippen molar-refractivity contribution in [3.8, 4) is 0 Å². The van der Waals surface area contributed by atoms with Gasteiger partial charge in [-0.05, 0) is 30.3 Å². The summed E-state index contributed by atoms with van der Waals surface area (Å²) in [5.41, 5.74) is 2.00. The Hall–Kier alpha value is -2.86. The zero-order valence-corrected chi connectivity index (χ0v) is 16.3. The van der Waals surface area contributed by atoms with E-state index in [1.807, 2.05) is 35.2 Å². The van der Waals surface area contributed by atoms with Crippen molar-refractivity contribution in [2.75, 3.05) is 42.9 Å². The van der Waals surface area contributed by atoms with Crippen molar-refractivity contribution >= 4 is 39.9 Å². The van der Waals surface area contributed by atoms with Crippen LogP contribution in [-0.2, 0) is 4.79 Å². The summed E-state index contributed by atoms with van der Waals surface area (Å²) in [6.07, 6.45) is 1.94. The van der Waals surface area contributed by atoms with E-state index < -0.39 is 0 Å². The lowest BCUT2D eigenvalue weighted by molar-refractivity contribution is -0.131. The third kappa shape index (κ3) is 4.17. The molecule has 1 amide bonds. The third-order valence-corrected chi connectivity index (χ3v) is 5.22. The molecule has 0 radical (unpaired) electrons. The molecule has 1 aliphatic heterocycles. The Labute approximate surface area is 169 Å². The molecular weight excluding hydrogens is 374 g/mol. The molecule has 0 atom stereocenters. The molecule has 0 bridgehead atoms. The monoisotopic (exact) mass is 395 g/mol. The predicted octanol–water partition coefficient (Wildman–Crippen LogP) is 3.43. The Morgan fingerprint density at radius 2 is 1.82 bits per heavy atom. The van der Waals surface area contributed by atoms with E-state index in [0.717, 1.165) is 42.9 Å². The molecule has 1 aliphatic rings. The minimum Gasteiger partial charge on any atom is -0.369 e. The standard InChI is InChI=1S/C21H22ClN5O/c22-16-6-7-18-19(14-16)24-15-25-21(18)23-9-8-20(28)27-12-10-26(11-13-27)17-4-2-1-3-5-17/h1-7,14-15H,8-13H2,(H,23,24,25). The molecule has 7 heteroatoms. The van der Waals surface area contributed by atoms with Gasteiger partial charge >= 0.3 is 0 Å². The highest BCUT2D eigenvalue weighted by Gasteiger charge is 2.20. The Kier molecular flexibility index (Phi) is 5.58. The summed E-state index contributed by atoms with van der Waals surface area (Å²) in [4.78, 5) is 25.3. The van der Waals surface area contributed by atoms with E-state index in [1.54, 1.807) is 6.07 Å². The summed E-state index contributed by atoms with van der Waals surface area (Å²) in [7, 11) is 0. The van der Waals surface area contributed by atoms with Crippen LogP contribution in [0, 0.1) is 0 Å². The van der Waals surface area contributed by atoms with Gasteiger partial charge in [-0.1, -0.05) is 29.8 Å². The Morgan fingerprint density at radius 3 is 2.61 bits per heavy atom. The lowest BCUT2D eigenvalue weighted by atomic mass is 10.2. The van der Waals surface area contributed by atoms with E-state index >= 15 is 0 Å². The van der Waals surface area contributed by atoms with Gasteiger partial charge in [0.1, 0.15) is 12.1 Å². The van der Waals surface area contributed by atoms with Crippen LogP contribution in [0.15, 0.2) is 54.9 Å². The Bertz CT molecular complexity index is 957. The second kappa shape index (κ2) is 8.44. The van der Waals surface area contributed by atoms with Crippen LogP contribution in [-0.4, -0.2) is 53.5 Å². The molecule has 1 aromatic heterocycles. The number of fused-ring (bicyclic) bond motifs is 1. The summed E-state index contributed by atoms with van der Waals surface area (Å²) in [6, 6.07) is 15.8. The SMILES string of the molecule is O=C(CCNc1ncnc2cc(Cl)ccc12)N1CCN(c2ccccc2)CC1. The van der Waals surface area contributed by atoms with E-state index in [2.05, 4.69) is 32.3 Å². The largest absolute Gasteiger partial charge is 0.369 e. The highest BCUT2D eigenvalue weighted by atomic mass is 35.5. The Balaban J connectivity index is 1.29. The summed E-state index contributed by atoms with van der Waals surface area (Å²) in [6.45, 7) is 3.76. The van der Waals surface area contributed by atoms with Crippen LogP contribution in [0.1, 0.15) is 6.42 Å². The van der Waals surface area contributed by atoms with Crippen molar-refractivity contribution in [1.29, 1.82) is 0 Å². The molecule has 2 aromatic carbocycles. The highest BCUT2D eigenvalue weighted by Crippen LogP contribution is 2.22. The van der Waals surface area contributed by atoms with Gasteiger partial charge in [-0.25, -0.2) is 9.97 Å². The van der Waals surface area contributed by atoms with E-state index in [9.17, 15) is 4.79 Å². The van der Waals surface area contributed by atoms with Gasteiger partial charge in [0.25, 0.3) is 0 Å². The number of nitrogens with one attached hydrogen (secondary N) is 1. The summed E-state index contributed by atoms with van der Waals surface area (Å²) in [5.74, 6) is 0.894. The third-order valence-electron chi connectivity index (χ3n) is 4.98. The second-order valence-electron chi connectivity index (χ2n) is 6.76. The summed E-state index contributed by atoms with van der Waals surface area (Å²) in [5, 5.41) is 4.80. The average molecular weight is 396 g/mol. The van der Waals surface area contributed by atoms with Gasteiger partial charge in [-0.3, -0.25) is 4.79 Å². The Morgan fingerprint density at radius 1 is 1.04 bits per heavy atom. The van der Waals surface area contributed by atoms with Gasteiger partial charge in [0.15, 0.2) is 0 Å². The van der Waals surface area contributed by atoms with E-state index in [4.69, 9.17) is 11.6 Å². The predicted molar refractivity (Wildman–Crippen MR) is 113 cm³/mol. The highest BCUT2D eigenvalue weighted by molar-refractivity contribution is 6.31. The molecule has 3 aromatic rings. The maximum absolute atomic E-state index is 12.6. The first-order valence-corrected chi connectivity index (χ1v) is 9.80. The van der Waals surface area contributed by atoms with E-state index in [-0.39, 0.29) is 5.91 Å². The number of hydrogen-bond donors (Lipinski definition) is 1. The molecule has 1 saturated heterocycles. The van der Waals surface area contributed by atoms with E-state index in [0.29, 0.717) is 18.0 Å². The number of amides is 1. The fourth-order valence-corrected chi connectivity index (χ4v) is 3.64. The van der Waals surface area contributed by atoms with Crippen LogP contribution < -0.4 is 10.2 Å². The van der Waals surface area contributed by atoms with Crippen molar-refractivity contribution < 1.29 is 4.79 Å². The van der Waals surface area contributed by atoms with Crippen LogP contribution >= 0.6 is 11.6 Å². The van der Waals surface area contributed by atoms with Crippen LogP contribution in [0.4, 0.5) is 11.5 Å². The first-order chi connectivity index (χ1) is 13.7. The van der Waals surface area contributed by atoms with Gasteiger partial charge in [-0.2, -0.15) is 0 Å². The molecular formula is C21H22ClN5O. The number of hydrogen-bond acceptors (Lipinski definition) is 5. The number of benzene rings is 2. The number of carbonyl (C=O) groups is 1. The quantitative estimate of drug-likeness (QED) is 0.717. The topological polar surface area (TPSA) is 61.4 Å². The van der Waals surface area contributed by atoms with Crippen molar-refractivity contribution in [2.45, 2.75) is 6.42 Å². The van der Waals surface area contributed by atoms with Crippen molar-refractivity contribution in [1.82, 2.24) is 14.9 Å². The molecule has 28 heavy (non-hydrogen) atoms. The summed E-state index contributed by atoms with van der Waals surface area (Å²) >= 11 is 6.02. The number of carbonyl (C=O) groups excluding carboxylic acids is 1. The number of nitrogens with zero attached hydrogens (tertiary/aromatic N) is 4. The molecule has 144 valence electrons. The minimum absolute atomic E-state index is 0.168. The number of piperazine rings is 1. The first-order valence-electron chi connectivity index (χ1n) is 9.42. The molecule has 0 spiro atoms. The first kappa shape index (κ1) is 18.5. The zero-order valence-electron chi connectivity index (χ0n) is 15.5. The maximum Gasteiger partial charge on any atom is 0.224 e. The molecule has 4 rings (SSSR count). The van der Waals surface area contributed by atoms with Crippen LogP contribution in [0.3, 0.4) is 0 Å². The smallest absolute Gasteiger partial charge is 0.224 e. The number of aromatic nitrogens is 2. The van der Waals surface area contributed by atoms with Gasteiger partial charge in [0, 0.05) is 55.2 Å².